The van der Waals surface area contributed by atoms with Crippen LogP contribution in [0.1, 0.15) is 37.8 Å². The van der Waals surface area contributed by atoms with Crippen LogP contribution in [0.5, 0.6) is 0 Å². The van der Waals surface area contributed by atoms with Crippen LogP contribution in [0.2, 0.25) is 0 Å². The maximum Gasteiger partial charge on any atom is 0.191 e. The van der Waals surface area contributed by atoms with Gasteiger partial charge >= 0.3 is 0 Å². The highest BCUT2D eigenvalue weighted by Crippen LogP contribution is 2.20. The number of halogens is 1. The molecular formula is C27H40IN5O. The van der Waals surface area contributed by atoms with Crippen molar-refractivity contribution in [2.45, 2.75) is 51.9 Å². The molecule has 2 fully saturated rings. The number of nitrogens with zero attached hydrogens (tertiary/aromatic N) is 3. The van der Waals surface area contributed by atoms with Gasteiger partial charge in [-0.3, -0.25) is 4.90 Å². The molecule has 0 aliphatic carbocycles. The number of anilines is 1. The summed E-state index contributed by atoms with van der Waals surface area (Å²) in [5.74, 6) is 0.920. The molecule has 2 heterocycles. The lowest BCUT2D eigenvalue weighted by Gasteiger charge is -2.38. The van der Waals surface area contributed by atoms with Crippen LogP contribution in [0.25, 0.3) is 0 Å². The molecule has 0 amide bonds. The van der Waals surface area contributed by atoms with Gasteiger partial charge in [0.1, 0.15) is 0 Å². The SMILES string of the molecule is CCNC(=NCc1ccc(N2CCOCC2)cc1)NC1CCN(Cc2ccccc2)C(C)C1.I. The average molecular weight is 578 g/mol. The van der Waals surface area contributed by atoms with E-state index in [1.807, 2.05) is 0 Å². The largest absolute Gasteiger partial charge is 0.378 e. The fourth-order valence-electron chi connectivity index (χ4n) is 4.72. The minimum Gasteiger partial charge on any atom is -0.378 e. The fourth-order valence-corrected chi connectivity index (χ4v) is 4.72. The topological polar surface area (TPSA) is 52.1 Å². The summed E-state index contributed by atoms with van der Waals surface area (Å²) < 4.78 is 5.46. The highest BCUT2D eigenvalue weighted by Gasteiger charge is 2.26. The molecule has 2 aromatic rings. The summed E-state index contributed by atoms with van der Waals surface area (Å²) in [7, 11) is 0. The molecule has 0 saturated carbocycles. The molecule has 34 heavy (non-hydrogen) atoms. The molecule has 2 atom stereocenters. The Hall–Kier alpha value is -1.84. The van der Waals surface area contributed by atoms with Gasteiger partial charge in [0, 0.05) is 50.5 Å². The molecule has 6 nitrogen and oxygen atoms in total. The van der Waals surface area contributed by atoms with Crippen molar-refractivity contribution in [1.29, 1.82) is 0 Å². The molecule has 0 aromatic heterocycles. The number of hydrogen-bond donors (Lipinski definition) is 2. The van der Waals surface area contributed by atoms with Gasteiger partial charge in [-0.2, -0.15) is 0 Å². The van der Waals surface area contributed by atoms with Crippen molar-refractivity contribution in [2.75, 3.05) is 44.3 Å². The summed E-state index contributed by atoms with van der Waals surface area (Å²) in [4.78, 5) is 9.85. The first kappa shape index (κ1) is 26.8. The van der Waals surface area contributed by atoms with Crippen LogP contribution in [0.4, 0.5) is 5.69 Å². The van der Waals surface area contributed by atoms with Gasteiger partial charge in [0.2, 0.25) is 0 Å². The Morgan fingerprint density at radius 2 is 1.74 bits per heavy atom. The third kappa shape index (κ3) is 7.85. The van der Waals surface area contributed by atoms with Crippen molar-refractivity contribution in [3.8, 4) is 0 Å². The number of piperidine rings is 1. The zero-order valence-electron chi connectivity index (χ0n) is 20.6. The molecule has 2 saturated heterocycles. The number of aliphatic imine (C=N–C) groups is 1. The molecule has 0 radical (unpaired) electrons. The summed E-state index contributed by atoms with van der Waals surface area (Å²) in [6.45, 7) is 11.7. The third-order valence-electron chi connectivity index (χ3n) is 6.66. The van der Waals surface area contributed by atoms with Crippen LogP contribution in [0.3, 0.4) is 0 Å². The first-order valence-corrected chi connectivity index (χ1v) is 12.5. The van der Waals surface area contributed by atoms with Gasteiger partial charge in [-0.25, -0.2) is 4.99 Å². The lowest BCUT2D eigenvalue weighted by Crippen LogP contribution is -2.51. The number of hydrogen-bond acceptors (Lipinski definition) is 4. The summed E-state index contributed by atoms with van der Waals surface area (Å²) >= 11 is 0. The van der Waals surface area contributed by atoms with Gasteiger partial charge in [0.05, 0.1) is 19.8 Å². The smallest absolute Gasteiger partial charge is 0.191 e. The van der Waals surface area contributed by atoms with E-state index in [1.165, 1.54) is 16.8 Å². The number of rotatable bonds is 7. The van der Waals surface area contributed by atoms with E-state index in [1.54, 1.807) is 0 Å². The zero-order valence-corrected chi connectivity index (χ0v) is 22.9. The first-order chi connectivity index (χ1) is 16.2. The normalized spacial score (nSPS) is 21.6. The van der Waals surface area contributed by atoms with Gasteiger partial charge in [-0.15, -0.1) is 24.0 Å². The van der Waals surface area contributed by atoms with Crippen molar-refractivity contribution in [2.24, 2.45) is 4.99 Å². The van der Waals surface area contributed by atoms with Crippen LogP contribution in [-0.2, 0) is 17.8 Å². The lowest BCUT2D eigenvalue weighted by molar-refractivity contribution is 0.122. The van der Waals surface area contributed by atoms with E-state index >= 15 is 0 Å². The standard InChI is InChI=1S/C27H39N5O.HI/c1-3-28-27(29-20-23-9-11-26(12-10-23)31-15-17-33-18-16-31)30-25-13-14-32(22(2)19-25)21-24-7-5-4-6-8-24;/h4-12,22,25H,3,13-21H2,1-2H3,(H2,28,29,30);1H. The quantitative estimate of drug-likeness (QED) is 0.293. The van der Waals surface area contributed by atoms with E-state index in [9.17, 15) is 0 Å². The Morgan fingerprint density at radius 3 is 2.41 bits per heavy atom. The molecule has 2 aliphatic heterocycles. The number of likely N-dealkylation sites (tertiary alicyclic amines) is 1. The minimum absolute atomic E-state index is 0. The highest BCUT2D eigenvalue weighted by atomic mass is 127. The van der Waals surface area contributed by atoms with Crippen LogP contribution < -0.4 is 15.5 Å². The number of morpholine rings is 1. The van der Waals surface area contributed by atoms with Crippen LogP contribution in [0, 0.1) is 0 Å². The lowest BCUT2D eigenvalue weighted by atomic mass is 9.97. The monoisotopic (exact) mass is 577 g/mol. The van der Waals surface area contributed by atoms with E-state index in [4.69, 9.17) is 9.73 Å². The molecule has 7 heteroatoms. The van der Waals surface area contributed by atoms with E-state index < -0.39 is 0 Å². The summed E-state index contributed by atoms with van der Waals surface area (Å²) in [6, 6.07) is 20.6. The molecule has 2 unspecified atom stereocenters. The van der Waals surface area contributed by atoms with Crippen molar-refractivity contribution in [1.82, 2.24) is 15.5 Å². The molecule has 2 aliphatic rings. The second kappa shape index (κ2) is 13.9. The molecule has 186 valence electrons. The van der Waals surface area contributed by atoms with Gasteiger partial charge in [0.25, 0.3) is 0 Å². The van der Waals surface area contributed by atoms with Gasteiger partial charge < -0.3 is 20.3 Å². The third-order valence-corrected chi connectivity index (χ3v) is 6.66. The maximum atomic E-state index is 5.46. The molecule has 2 aromatic carbocycles. The Bertz CT molecular complexity index is 870. The molecule has 2 N–H and O–H groups in total. The molecule has 0 bridgehead atoms. The van der Waals surface area contributed by atoms with Crippen molar-refractivity contribution >= 4 is 35.6 Å². The molecule has 0 spiro atoms. The van der Waals surface area contributed by atoms with Crippen LogP contribution in [-0.4, -0.2) is 62.3 Å². The Balaban J connectivity index is 0.00000324. The Labute approximate surface area is 222 Å². The number of ether oxygens (including phenoxy) is 1. The van der Waals surface area contributed by atoms with Crippen molar-refractivity contribution in [3.63, 3.8) is 0 Å². The Kier molecular flexibility index (Phi) is 10.9. The fraction of sp³-hybridized carbons (Fsp3) is 0.519. The van der Waals surface area contributed by atoms with Gasteiger partial charge in [-0.05, 0) is 49.9 Å². The maximum absolute atomic E-state index is 5.46. The van der Waals surface area contributed by atoms with Gasteiger partial charge in [-0.1, -0.05) is 42.5 Å². The number of guanidine groups is 1. The summed E-state index contributed by atoms with van der Waals surface area (Å²) in [5.41, 5.74) is 3.90. The minimum atomic E-state index is 0. The van der Waals surface area contributed by atoms with Gasteiger partial charge in [0.15, 0.2) is 5.96 Å². The van der Waals surface area contributed by atoms with Crippen molar-refractivity contribution < 1.29 is 4.74 Å². The second-order valence-electron chi connectivity index (χ2n) is 9.13. The van der Waals surface area contributed by atoms with Crippen LogP contribution in [0.15, 0.2) is 59.6 Å². The molecular weight excluding hydrogens is 537 g/mol. The van der Waals surface area contributed by atoms with E-state index in [0.29, 0.717) is 18.6 Å². The van der Waals surface area contributed by atoms with E-state index in [-0.39, 0.29) is 24.0 Å². The number of nitrogens with one attached hydrogen (secondary N) is 2. The summed E-state index contributed by atoms with van der Waals surface area (Å²) in [6.07, 6.45) is 2.27. The first-order valence-electron chi connectivity index (χ1n) is 12.5. The zero-order chi connectivity index (χ0) is 22.9. The Morgan fingerprint density at radius 1 is 1.00 bits per heavy atom. The predicted molar refractivity (Wildman–Crippen MR) is 152 cm³/mol. The highest BCUT2D eigenvalue weighted by molar-refractivity contribution is 14.0. The summed E-state index contributed by atoms with van der Waals surface area (Å²) in [5, 5.41) is 7.13. The molecule has 4 rings (SSSR count). The van der Waals surface area contributed by atoms with Crippen molar-refractivity contribution in [3.05, 3.63) is 65.7 Å². The van der Waals surface area contributed by atoms with E-state index in [2.05, 4.69) is 88.9 Å². The van der Waals surface area contributed by atoms with E-state index in [0.717, 1.165) is 64.7 Å². The number of benzene rings is 2. The second-order valence-corrected chi connectivity index (χ2v) is 9.13. The predicted octanol–water partition coefficient (Wildman–Crippen LogP) is 4.25. The van der Waals surface area contributed by atoms with Crippen LogP contribution >= 0.6 is 24.0 Å². The average Bonchev–Trinajstić information content (AvgIpc) is 2.86.